The van der Waals surface area contributed by atoms with Crippen molar-refractivity contribution in [2.24, 2.45) is 11.7 Å². The molecule has 54 valence electrons. The summed E-state index contributed by atoms with van der Waals surface area (Å²) in [5, 5.41) is 0. The van der Waals surface area contributed by atoms with Gasteiger partial charge in [0.2, 0.25) is 0 Å². The summed E-state index contributed by atoms with van der Waals surface area (Å²) in [6, 6.07) is 0. The molecule has 0 aliphatic heterocycles. The Morgan fingerprint density at radius 1 is 1.67 bits per heavy atom. The number of alkyl halides is 1. The quantitative estimate of drug-likeness (QED) is 0.616. The zero-order valence-electron chi connectivity index (χ0n) is 5.86. The normalized spacial score (nSPS) is 25.7. The van der Waals surface area contributed by atoms with Crippen LogP contribution >= 0.6 is 0 Å². The van der Waals surface area contributed by atoms with Gasteiger partial charge in [-0.2, -0.15) is 0 Å². The molecule has 0 aromatic heterocycles. The van der Waals surface area contributed by atoms with Crippen LogP contribution in [0.4, 0.5) is 4.39 Å². The summed E-state index contributed by atoms with van der Waals surface area (Å²) < 4.78 is 13.0. The lowest BCUT2D eigenvalue weighted by Gasteiger charge is -2.16. The predicted octanol–water partition coefficient (Wildman–Crippen LogP) is 1.47. The van der Waals surface area contributed by atoms with Crippen LogP contribution in [-0.2, 0) is 0 Å². The average Bonchev–Trinajstić information content (AvgIpc) is 2.50. The highest BCUT2D eigenvalue weighted by Gasteiger charge is 2.31. The van der Waals surface area contributed by atoms with Gasteiger partial charge < -0.3 is 5.73 Å². The van der Waals surface area contributed by atoms with Crippen LogP contribution in [-0.4, -0.2) is 12.2 Å². The van der Waals surface area contributed by atoms with Crippen molar-refractivity contribution in [3.05, 3.63) is 0 Å². The fraction of sp³-hybridized carbons (Fsp3) is 1.00. The molecule has 0 saturated heterocycles. The summed E-state index contributed by atoms with van der Waals surface area (Å²) >= 11 is 0. The van der Waals surface area contributed by atoms with Crippen LogP contribution in [0.5, 0.6) is 0 Å². The molecule has 0 radical (unpaired) electrons. The second kappa shape index (κ2) is 2.25. The third kappa shape index (κ3) is 2.31. The maximum Gasteiger partial charge on any atom is 0.120 e. The molecule has 0 aromatic rings. The van der Waals surface area contributed by atoms with E-state index in [-0.39, 0.29) is 6.54 Å². The van der Waals surface area contributed by atoms with Gasteiger partial charge in [-0.1, -0.05) is 12.8 Å². The molecule has 1 rings (SSSR count). The lowest BCUT2D eigenvalue weighted by Crippen LogP contribution is -2.29. The van der Waals surface area contributed by atoms with Gasteiger partial charge in [0.25, 0.3) is 0 Å². The summed E-state index contributed by atoms with van der Waals surface area (Å²) in [6.45, 7) is 1.76. The van der Waals surface area contributed by atoms with Crippen LogP contribution in [0.15, 0.2) is 0 Å². The van der Waals surface area contributed by atoms with E-state index in [1.165, 1.54) is 12.8 Å². The van der Waals surface area contributed by atoms with Gasteiger partial charge in [-0.05, 0) is 19.3 Å². The molecule has 1 atom stereocenters. The summed E-state index contributed by atoms with van der Waals surface area (Å²) in [5.74, 6) is 0.642. The Labute approximate surface area is 55.4 Å². The minimum atomic E-state index is -1.10. The average molecular weight is 131 g/mol. The maximum atomic E-state index is 13.0. The van der Waals surface area contributed by atoms with Crippen LogP contribution in [0.2, 0.25) is 0 Å². The zero-order chi connectivity index (χ0) is 6.91. The highest BCUT2D eigenvalue weighted by molar-refractivity contribution is 4.84. The SMILES string of the molecule is CC(F)(CN)CC1CC1. The van der Waals surface area contributed by atoms with Crippen molar-refractivity contribution in [3.8, 4) is 0 Å². The van der Waals surface area contributed by atoms with E-state index in [9.17, 15) is 4.39 Å². The van der Waals surface area contributed by atoms with Crippen molar-refractivity contribution in [2.45, 2.75) is 31.9 Å². The smallest absolute Gasteiger partial charge is 0.120 e. The first kappa shape index (κ1) is 7.00. The molecular weight excluding hydrogens is 117 g/mol. The number of hydrogen-bond acceptors (Lipinski definition) is 1. The third-order valence-electron chi connectivity index (χ3n) is 1.84. The molecule has 1 fully saturated rings. The van der Waals surface area contributed by atoms with Gasteiger partial charge in [-0.3, -0.25) is 0 Å². The van der Waals surface area contributed by atoms with Gasteiger partial charge in [-0.25, -0.2) is 4.39 Å². The van der Waals surface area contributed by atoms with E-state index >= 15 is 0 Å². The number of hydrogen-bond donors (Lipinski definition) is 1. The molecule has 1 aliphatic carbocycles. The fourth-order valence-corrected chi connectivity index (χ4v) is 1.01. The van der Waals surface area contributed by atoms with E-state index in [1.807, 2.05) is 0 Å². The highest BCUT2D eigenvalue weighted by atomic mass is 19.1. The Morgan fingerprint density at radius 3 is 2.56 bits per heavy atom. The molecule has 0 bridgehead atoms. The van der Waals surface area contributed by atoms with Crippen molar-refractivity contribution in [2.75, 3.05) is 6.54 Å². The lowest BCUT2D eigenvalue weighted by molar-refractivity contribution is 0.176. The van der Waals surface area contributed by atoms with Gasteiger partial charge in [0, 0.05) is 6.54 Å². The molecule has 0 heterocycles. The Balaban J connectivity index is 2.21. The number of halogens is 1. The summed E-state index contributed by atoms with van der Waals surface area (Å²) in [7, 11) is 0. The molecule has 0 amide bonds. The Morgan fingerprint density at radius 2 is 2.22 bits per heavy atom. The Bertz CT molecular complexity index is 97.1. The molecule has 0 spiro atoms. The van der Waals surface area contributed by atoms with Crippen molar-refractivity contribution >= 4 is 0 Å². The van der Waals surface area contributed by atoms with Crippen LogP contribution in [0, 0.1) is 5.92 Å². The van der Waals surface area contributed by atoms with Crippen molar-refractivity contribution in [1.82, 2.24) is 0 Å². The molecule has 1 aliphatic rings. The summed E-state index contributed by atoms with van der Waals surface area (Å²) in [6.07, 6.45) is 3.09. The van der Waals surface area contributed by atoms with Crippen molar-refractivity contribution < 1.29 is 4.39 Å². The van der Waals surface area contributed by atoms with Crippen LogP contribution in [0.25, 0.3) is 0 Å². The molecule has 2 N–H and O–H groups in total. The Hall–Kier alpha value is -0.110. The van der Waals surface area contributed by atoms with E-state index in [1.54, 1.807) is 6.92 Å². The van der Waals surface area contributed by atoms with Crippen LogP contribution in [0.3, 0.4) is 0 Å². The largest absolute Gasteiger partial charge is 0.328 e. The van der Waals surface area contributed by atoms with Gasteiger partial charge >= 0.3 is 0 Å². The molecule has 1 unspecified atom stereocenters. The minimum absolute atomic E-state index is 0.170. The molecule has 9 heavy (non-hydrogen) atoms. The van der Waals surface area contributed by atoms with Gasteiger partial charge in [0.1, 0.15) is 5.67 Å². The summed E-state index contributed by atoms with van der Waals surface area (Å²) in [4.78, 5) is 0. The lowest BCUT2D eigenvalue weighted by atomic mass is 10.0. The van der Waals surface area contributed by atoms with Gasteiger partial charge in [0.05, 0.1) is 0 Å². The molecular formula is C7H14FN. The molecule has 1 saturated carbocycles. The minimum Gasteiger partial charge on any atom is -0.328 e. The van der Waals surface area contributed by atoms with Crippen molar-refractivity contribution in [1.29, 1.82) is 0 Å². The van der Waals surface area contributed by atoms with Gasteiger partial charge in [0.15, 0.2) is 0 Å². The number of nitrogens with two attached hydrogens (primary N) is 1. The third-order valence-corrected chi connectivity index (χ3v) is 1.84. The molecule has 0 aromatic carbocycles. The topological polar surface area (TPSA) is 26.0 Å². The van der Waals surface area contributed by atoms with E-state index in [0.29, 0.717) is 12.3 Å². The second-order valence-corrected chi connectivity index (χ2v) is 3.26. The van der Waals surface area contributed by atoms with E-state index in [4.69, 9.17) is 5.73 Å². The standard InChI is InChI=1S/C7H14FN/c1-7(8,5-9)4-6-2-3-6/h6H,2-5,9H2,1H3. The van der Waals surface area contributed by atoms with Crippen LogP contribution < -0.4 is 5.73 Å². The van der Waals surface area contributed by atoms with E-state index in [0.717, 1.165) is 0 Å². The van der Waals surface area contributed by atoms with E-state index < -0.39 is 5.67 Å². The first-order valence-electron chi connectivity index (χ1n) is 3.53. The first-order chi connectivity index (χ1) is 4.14. The monoisotopic (exact) mass is 131 g/mol. The summed E-state index contributed by atoms with van der Waals surface area (Å²) in [5.41, 5.74) is 4.11. The molecule has 2 heteroatoms. The van der Waals surface area contributed by atoms with Crippen LogP contribution in [0.1, 0.15) is 26.2 Å². The van der Waals surface area contributed by atoms with Gasteiger partial charge in [-0.15, -0.1) is 0 Å². The maximum absolute atomic E-state index is 13.0. The molecule has 1 nitrogen and oxygen atoms in total. The number of rotatable bonds is 3. The Kier molecular flexibility index (Phi) is 1.75. The zero-order valence-corrected chi connectivity index (χ0v) is 5.86. The first-order valence-corrected chi connectivity index (χ1v) is 3.53. The van der Waals surface area contributed by atoms with Crippen molar-refractivity contribution in [3.63, 3.8) is 0 Å². The fourth-order valence-electron chi connectivity index (χ4n) is 1.01. The predicted molar refractivity (Wildman–Crippen MR) is 35.9 cm³/mol. The second-order valence-electron chi connectivity index (χ2n) is 3.26. The highest BCUT2D eigenvalue weighted by Crippen LogP contribution is 2.37. The van der Waals surface area contributed by atoms with E-state index in [2.05, 4.69) is 0 Å².